The molecular weight excluding hydrogens is 444 g/mol. The van der Waals surface area contributed by atoms with Gasteiger partial charge in [-0.1, -0.05) is 49.9 Å². The van der Waals surface area contributed by atoms with Crippen LogP contribution in [-0.4, -0.2) is 31.6 Å². The van der Waals surface area contributed by atoms with Crippen LogP contribution in [0.5, 0.6) is 11.5 Å². The zero-order chi connectivity index (χ0) is 24.0. The van der Waals surface area contributed by atoms with Gasteiger partial charge in [-0.25, -0.2) is 9.69 Å². The second-order valence-electron chi connectivity index (χ2n) is 7.71. The first kappa shape index (κ1) is 24.3. The van der Waals surface area contributed by atoms with Crippen molar-refractivity contribution in [3.63, 3.8) is 0 Å². The Balaban J connectivity index is 1.86. The lowest BCUT2D eigenvalue weighted by molar-refractivity contribution is -0.122. The molecule has 1 saturated heterocycles. The average Bonchev–Trinajstić information content (AvgIpc) is 2.79. The van der Waals surface area contributed by atoms with E-state index in [0.717, 1.165) is 30.6 Å². The summed E-state index contributed by atoms with van der Waals surface area (Å²) in [6.07, 6.45) is 5.78. The van der Waals surface area contributed by atoms with Gasteiger partial charge in [0.2, 0.25) is 0 Å². The molecule has 4 amide bonds. The van der Waals surface area contributed by atoms with E-state index >= 15 is 0 Å². The quantitative estimate of drug-likeness (QED) is 0.306. The second kappa shape index (κ2) is 11.0. The van der Waals surface area contributed by atoms with Crippen LogP contribution in [-0.2, 0) is 9.59 Å². The first-order valence-electron chi connectivity index (χ1n) is 10.8. The Morgan fingerprint density at radius 2 is 1.82 bits per heavy atom. The minimum atomic E-state index is -0.822. The molecule has 0 aromatic heterocycles. The number of barbiturate groups is 1. The molecule has 0 spiro atoms. The second-order valence-corrected chi connectivity index (χ2v) is 8.14. The van der Waals surface area contributed by atoms with E-state index in [9.17, 15) is 14.4 Å². The van der Waals surface area contributed by atoms with Crippen molar-refractivity contribution in [1.29, 1.82) is 0 Å². The number of hydrogen-bond acceptors (Lipinski definition) is 5. The van der Waals surface area contributed by atoms with Gasteiger partial charge in [0.25, 0.3) is 11.8 Å². The maximum atomic E-state index is 13.1. The van der Waals surface area contributed by atoms with Gasteiger partial charge in [0.1, 0.15) is 5.57 Å². The summed E-state index contributed by atoms with van der Waals surface area (Å²) in [5.74, 6) is -0.426. The van der Waals surface area contributed by atoms with Crippen LogP contribution < -0.4 is 19.7 Å². The van der Waals surface area contributed by atoms with Gasteiger partial charge in [0, 0.05) is 5.02 Å². The third kappa shape index (κ3) is 5.73. The molecule has 1 heterocycles. The summed E-state index contributed by atoms with van der Waals surface area (Å²) >= 11 is 6.06. The molecule has 2 aromatic carbocycles. The first-order valence-corrected chi connectivity index (χ1v) is 11.2. The number of halogens is 1. The van der Waals surface area contributed by atoms with Crippen LogP contribution in [0.2, 0.25) is 5.02 Å². The highest BCUT2D eigenvalue weighted by Gasteiger charge is 2.37. The fourth-order valence-electron chi connectivity index (χ4n) is 3.47. The first-order chi connectivity index (χ1) is 15.8. The summed E-state index contributed by atoms with van der Waals surface area (Å²) in [6.45, 7) is 4.48. The SMILES string of the molecule is CCCCCCOc1ccc(C=C2C(=O)NC(=O)N(c3cc(Cl)ccc3C)C2=O)cc1OC. The van der Waals surface area contributed by atoms with Crippen molar-refractivity contribution < 1.29 is 23.9 Å². The van der Waals surface area contributed by atoms with Gasteiger partial charge in [-0.2, -0.15) is 0 Å². The fourth-order valence-corrected chi connectivity index (χ4v) is 3.64. The number of unbranched alkanes of at least 4 members (excludes halogenated alkanes) is 3. The molecule has 1 fully saturated rings. The van der Waals surface area contributed by atoms with E-state index in [-0.39, 0.29) is 5.57 Å². The Bertz CT molecular complexity index is 1100. The molecule has 0 aliphatic carbocycles. The van der Waals surface area contributed by atoms with Gasteiger partial charge in [0.15, 0.2) is 11.5 Å². The highest BCUT2D eigenvalue weighted by atomic mass is 35.5. The zero-order valence-corrected chi connectivity index (χ0v) is 19.7. The van der Waals surface area contributed by atoms with Crippen LogP contribution in [0.1, 0.15) is 43.7 Å². The molecule has 8 heteroatoms. The monoisotopic (exact) mass is 470 g/mol. The van der Waals surface area contributed by atoms with Crippen LogP contribution in [0.4, 0.5) is 10.5 Å². The lowest BCUT2D eigenvalue weighted by Crippen LogP contribution is -2.54. The number of rotatable bonds is 9. The van der Waals surface area contributed by atoms with E-state index in [2.05, 4.69) is 12.2 Å². The van der Waals surface area contributed by atoms with Crippen molar-refractivity contribution in [2.45, 2.75) is 39.5 Å². The summed E-state index contributed by atoms with van der Waals surface area (Å²) in [7, 11) is 1.52. The Morgan fingerprint density at radius 1 is 1.03 bits per heavy atom. The molecule has 1 aliphatic rings. The Hall–Kier alpha value is -3.32. The van der Waals surface area contributed by atoms with Crippen LogP contribution in [0, 0.1) is 6.92 Å². The molecule has 7 nitrogen and oxygen atoms in total. The third-order valence-corrected chi connectivity index (χ3v) is 5.50. The summed E-state index contributed by atoms with van der Waals surface area (Å²) in [4.78, 5) is 39.0. The van der Waals surface area contributed by atoms with Crippen LogP contribution in [0.25, 0.3) is 6.08 Å². The lowest BCUT2D eigenvalue weighted by Gasteiger charge is -2.27. The van der Waals surface area contributed by atoms with Crippen molar-refractivity contribution in [3.8, 4) is 11.5 Å². The number of urea groups is 1. The van der Waals surface area contributed by atoms with Crippen molar-refractivity contribution in [2.75, 3.05) is 18.6 Å². The van der Waals surface area contributed by atoms with Crippen LogP contribution in [0.15, 0.2) is 42.0 Å². The molecule has 0 atom stereocenters. The molecule has 2 aromatic rings. The van der Waals surface area contributed by atoms with Gasteiger partial charge in [-0.15, -0.1) is 0 Å². The van der Waals surface area contributed by atoms with E-state index in [1.807, 2.05) is 0 Å². The molecule has 0 unspecified atom stereocenters. The van der Waals surface area contributed by atoms with Gasteiger partial charge in [-0.05, 0) is 54.8 Å². The summed E-state index contributed by atoms with van der Waals surface area (Å²) < 4.78 is 11.2. The van der Waals surface area contributed by atoms with Gasteiger partial charge < -0.3 is 9.47 Å². The molecule has 3 rings (SSSR count). The smallest absolute Gasteiger partial charge is 0.335 e. The normalized spacial score (nSPS) is 15.1. The number of benzene rings is 2. The number of hydrogen-bond donors (Lipinski definition) is 1. The topological polar surface area (TPSA) is 84.9 Å². The standard InChI is InChI=1S/C25H27ClN2O5/c1-4-5-6-7-12-33-21-11-9-17(14-22(21)32-3)13-19-23(29)27-25(31)28(24(19)30)20-15-18(26)10-8-16(20)2/h8-11,13-15H,4-7,12H2,1-3H3,(H,27,29,31). The molecule has 174 valence electrons. The molecule has 0 saturated carbocycles. The Labute approximate surface area is 198 Å². The number of methoxy groups -OCH3 is 1. The van der Waals surface area contributed by atoms with Gasteiger partial charge >= 0.3 is 6.03 Å². The predicted molar refractivity (Wildman–Crippen MR) is 128 cm³/mol. The number of imide groups is 2. The van der Waals surface area contributed by atoms with Crippen LogP contribution in [0.3, 0.4) is 0 Å². The predicted octanol–water partition coefficient (Wildman–Crippen LogP) is 5.28. The Morgan fingerprint density at radius 3 is 2.55 bits per heavy atom. The van der Waals surface area contributed by atoms with E-state index in [4.69, 9.17) is 21.1 Å². The summed E-state index contributed by atoms with van der Waals surface area (Å²) in [6, 6.07) is 9.19. The van der Waals surface area contributed by atoms with E-state index in [0.29, 0.717) is 39.9 Å². The number of nitrogens with zero attached hydrogens (tertiary/aromatic N) is 1. The zero-order valence-electron chi connectivity index (χ0n) is 18.9. The van der Waals surface area contributed by atoms with E-state index < -0.39 is 17.8 Å². The van der Waals surface area contributed by atoms with Crippen molar-refractivity contribution in [1.82, 2.24) is 5.32 Å². The lowest BCUT2D eigenvalue weighted by atomic mass is 10.1. The number of carbonyl (C=O) groups is 3. The number of carbonyl (C=O) groups excluding carboxylic acids is 3. The fraction of sp³-hybridized carbons (Fsp3) is 0.320. The minimum absolute atomic E-state index is 0.177. The van der Waals surface area contributed by atoms with Gasteiger partial charge in [0.05, 0.1) is 19.4 Å². The number of aryl methyl sites for hydroxylation is 1. The maximum absolute atomic E-state index is 13.1. The summed E-state index contributed by atoms with van der Waals surface area (Å²) in [5.41, 5.74) is 1.36. The molecule has 33 heavy (non-hydrogen) atoms. The molecule has 1 N–H and O–H groups in total. The maximum Gasteiger partial charge on any atom is 0.335 e. The molecule has 0 bridgehead atoms. The molecule has 1 aliphatic heterocycles. The number of amides is 4. The van der Waals surface area contributed by atoms with Crippen LogP contribution >= 0.6 is 11.6 Å². The highest BCUT2D eigenvalue weighted by molar-refractivity contribution is 6.39. The Kier molecular flexibility index (Phi) is 8.11. The van der Waals surface area contributed by atoms with E-state index in [1.54, 1.807) is 37.3 Å². The largest absolute Gasteiger partial charge is 0.493 e. The molecular formula is C25H27ClN2O5. The minimum Gasteiger partial charge on any atom is -0.493 e. The highest BCUT2D eigenvalue weighted by Crippen LogP contribution is 2.31. The average molecular weight is 471 g/mol. The van der Waals surface area contributed by atoms with Crippen molar-refractivity contribution in [2.24, 2.45) is 0 Å². The van der Waals surface area contributed by atoms with Crippen molar-refractivity contribution >= 4 is 41.2 Å². The number of ether oxygens (including phenoxy) is 2. The van der Waals surface area contributed by atoms with E-state index in [1.165, 1.54) is 19.3 Å². The van der Waals surface area contributed by atoms with Gasteiger partial charge in [-0.3, -0.25) is 14.9 Å². The number of anilines is 1. The summed E-state index contributed by atoms with van der Waals surface area (Å²) in [5, 5.41) is 2.59. The molecule has 0 radical (unpaired) electrons. The van der Waals surface area contributed by atoms with Crippen molar-refractivity contribution in [3.05, 3.63) is 58.1 Å². The third-order valence-electron chi connectivity index (χ3n) is 5.27. The number of nitrogens with one attached hydrogen (secondary N) is 1.